The Balaban J connectivity index is 2.43. The number of carbonyl (C=O) groups excluding carboxylic acids is 2. The molecule has 0 aromatic carbocycles. The zero-order chi connectivity index (χ0) is 13.1. The van der Waals surface area contributed by atoms with Crippen LogP contribution >= 0.6 is 0 Å². The summed E-state index contributed by atoms with van der Waals surface area (Å²) in [6.07, 6.45) is 1.98. The summed E-state index contributed by atoms with van der Waals surface area (Å²) >= 11 is 0. The molecule has 0 saturated carbocycles. The lowest BCUT2D eigenvalue weighted by atomic mass is 9.89. The normalized spacial score (nSPS) is 25.9. The molecule has 2 amide bonds. The van der Waals surface area contributed by atoms with E-state index in [0.717, 1.165) is 6.42 Å². The molecule has 0 bridgehead atoms. The number of hydrogen-bond acceptors (Lipinski definition) is 3. The van der Waals surface area contributed by atoms with Gasteiger partial charge in [0, 0.05) is 19.5 Å². The van der Waals surface area contributed by atoms with Crippen LogP contribution in [-0.2, 0) is 9.59 Å². The topological polar surface area (TPSA) is 89.4 Å². The maximum Gasteiger partial charge on any atom is 0.225 e. The average Bonchev–Trinajstić information content (AvgIpc) is 2.69. The van der Waals surface area contributed by atoms with Gasteiger partial charge < -0.3 is 16.4 Å². The number of nitrogens with zero attached hydrogens (tertiary/aromatic N) is 1. The Labute approximate surface area is 103 Å². The molecule has 0 aromatic rings. The summed E-state index contributed by atoms with van der Waals surface area (Å²) in [5, 5.41) is 0. The first kappa shape index (κ1) is 14.0. The van der Waals surface area contributed by atoms with E-state index in [0.29, 0.717) is 38.4 Å². The Morgan fingerprint density at radius 3 is 2.59 bits per heavy atom. The quantitative estimate of drug-likeness (QED) is 0.714. The zero-order valence-electron chi connectivity index (χ0n) is 10.7. The molecule has 0 radical (unpaired) electrons. The Morgan fingerprint density at radius 2 is 2.12 bits per heavy atom. The highest BCUT2D eigenvalue weighted by atomic mass is 16.2. The van der Waals surface area contributed by atoms with E-state index < -0.39 is 5.41 Å². The van der Waals surface area contributed by atoms with Crippen LogP contribution in [0.25, 0.3) is 0 Å². The molecule has 1 aliphatic heterocycles. The minimum Gasteiger partial charge on any atom is -0.369 e. The summed E-state index contributed by atoms with van der Waals surface area (Å²) < 4.78 is 0. The Bertz CT molecular complexity index is 306. The molecule has 98 valence electrons. The van der Waals surface area contributed by atoms with Gasteiger partial charge >= 0.3 is 0 Å². The lowest BCUT2D eigenvalue weighted by Crippen LogP contribution is -2.38. The van der Waals surface area contributed by atoms with Crippen LogP contribution in [-0.4, -0.2) is 36.3 Å². The number of rotatable bonds is 5. The fourth-order valence-corrected chi connectivity index (χ4v) is 2.02. The molecule has 1 aliphatic rings. The van der Waals surface area contributed by atoms with Crippen molar-refractivity contribution < 1.29 is 9.59 Å². The van der Waals surface area contributed by atoms with Crippen molar-refractivity contribution in [3.8, 4) is 0 Å². The molecule has 1 heterocycles. The minimum atomic E-state index is -0.546. The van der Waals surface area contributed by atoms with Crippen molar-refractivity contribution in [1.29, 1.82) is 0 Å². The van der Waals surface area contributed by atoms with E-state index in [1.165, 1.54) is 0 Å². The molecule has 17 heavy (non-hydrogen) atoms. The van der Waals surface area contributed by atoms with Crippen molar-refractivity contribution in [2.45, 2.75) is 33.1 Å². The van der Waals surface area contributed by atoms with Crippen LogP contribution in [0.4, 0.5) is 0 Å². The zero-order valence-corrected chi connectivity index (χ0v) is 10.7. The van der Waals surface area contributed by atoms with Gasteiger partial charge in [-0.3, -0.25) is 9.59 Å². The number of nitrogens with two attached hydrogens (primary N) is 2. The third-order valence-electron chi connectivity index (χ3n) is 3.67. The fourth-order valence-electron chi connectivity index (χ4n) is 2.02. The van der Waals surface area contributed by atoms with Gasteiger partial charge in [0.25, 0.3) is 0 Å². The largest absolute Gasteiger partial charge is 0.369 e. The van der Waals surface area contributed by atoms with Crippen molar-refractivity contribution in [3.63, 3.8) is 0 Å². The highest BCUT2D eigenvalue weighted by molar-refractivity contribution is 5.83. The molecule has 0 aliphatic carbocycles. The van der Waals surface area contributed by atoms with Gasteiger partial charge in [0.2, 0.25) is 11.8 Å². The van der Waals surface area contributed by atoms with Crippen LogP contribution in [0.15, 0.2) is 0 Å². The molecular formula is C12H23N3O2. The van der Waals surface area contributed by atoms with E-state index in [2.05, 4.69) is 0 Å². The molecule has 1 fully saturated rings. The van der Waals surface area contributed by atoms with Crippen molar-refractivity contribution >= 4 is 11.8 Å². The first-order valence-corrected chi connectivity index (χ1v) is 6.17. The van der Waals surface area contributed by atoms with E-state index >= 15 is 0 Å². The number of primary amides is 1. The smallest absolute Gasteiger partial charge is 0.225 e. The monoisotopic (exact) mass is 241 g/mol. The second-order valence-electron chi connectivity index (χ2n) is 5.37. The van der Waals surface area contributed by atoms with Gasteiger partial charge in [0.05, 0.1) is 5.41 Å². The van der Waals surface area contributed by atoms with Gasteiger partial charge in [0.15, 0.2) is 0 Å². The van der Waals surface area contributed by atoms with E-state index in [1.54, 1.807) is 4.90 Å². The first-order chi connectivity index (χ1) is 7.89. The first-order valence-electron chi connectivity index (χ1n) is 6.17. The van der Waals surface area contributed by atoms with Crippen LogP contribution in [0.3, 0.4) is 0 Å². The van der Waals surface area contributed by atoms with Crippen molar-refractivity contribution in [2.24, 2.45) is 22.8 Å². The van der Waals surface area contributed by atoms with Crippen LogP contribution < -0.4 is 11.5 Å². The molecule has 1 rings (SSSR count). The lowest BCUT2D eigenvalue weighted by molar-refractivity contribution is -0.131. The number of amides is 2. The maximum absolute atomic E-state index is 11.9. The van der Waals surface area contributed by atoms with E-state index in [1.807, 2.05) is 13.8 Å². The fraction of sp³-hybridized carbons (Fsp3) is 0.833. The Hall–Kier alpha value is -1.10. The molecule has 5 nitrogen and oxygen atoms in total. The second kappa shape index (κ2) is 5.49. The molecule has 0 spiro atoms. The summed E-state index contributed by atoms with van der Waals surface area (Å²) in [6, 6.07) is 0. The van der Waals surface area contributed by atoms with Crippen molar-refractivity contribution in [1.82, 2.24) is 4.90 Å². The second-order valence-corrected chi connectivity index (χ2v) is 5.37. The predicted octanol–water partition coefficient (Wildman–Crippen LogP) is 0.0853. The number of hydrogen-bond donors (Lipinski definition) is 2. The standard InChI is InChI=1S/C12H23N3O2/c1-9(7-13)3-4-10(16)15-6-5-12(2,8-15)11(14)17/h9H,3-8,13H2,1-2H3,(H2,14,17). The molecule has 2 unspecified atom stereocenters. The molecule has 5 heteroatoms. The highest BCUT2D eigenvalue weighted by Gasteiger charge is 2.40. The lowest BCUT2D eigenvalue weighted by Gasteiger charge is -2.21. The van der Waals surface area contributed by atoms with Gasteiger partial charge in [-0.2, -0.15) is 0 Å². The molecule has 0 aromatic heterocycles. The highest BCUT2D eigenvalue weighted by Crippen LogP contribution is 2.29. The Morgan fingerprint density at radius 1 is 1.47 bits per heavy atom. The molecule has 1 saturated heterocycles. The van der Waals surface area contributed by atoms with Gasteiger partial charge in [-0.15, -0.1) is 0 Å². The summed E-state index contributed by atoms with van der Waals surface area (Å²) in [5.41, 5.74) is 10.3. The maximum atomic E-state index is 11.9. The summed E-state index contributed by atoms with van der Waals surface area (Å²) in [6.45, 7) is 5.55. The van der Waals surface area contributed by atoms with Crippen LogP contribution in [0, 0.1) is 11.3 Å². The van der Waals surface area contributed by atoms with Crippen molar-refractivity contribution in [2.75, 3.05) is 19.6 Å². The number of likely N-dealkylation sites (tertiary alicyclic amines) is 1. The summed E-state index contributed by atoms with van der Waals surface area (Å²) in [5.74, 6) is 0.155. The van der Waals surface area contributed by atoms with Crippen LogP contribution in [0.2, 0.25) is 0 Å². The third-order valence-corrected chi connectivity index (χ3v) is 3.67. The molecule has 4 N–H and O–H groups in total. The summed E-state index contributed by atoms with van der Waals surface area (Å²) in [4.78, 5) is 24.9. The van der Waals surface area contributed by atoms with Crippen molar-refractivity contribution in [3.05, 3.63) is 0 Å². The molecule has 2 atom stereocenters. The number of carbonyl (C=O) groups is 2. The van der Waals surface area contributed by atoms with Gasteiger partial charge in [-0.05, 0) is 32.2 Å². The average molecular weight is 241 g/mol. The molecular weight excluding hydrogens is 218 g/mol. The Kier molecular flexibility index (Phi) is 4.51. The van der Waals surface area contributed by atoms with Gasteiger partial charge in [-0.25, -0.2) is 0 Å². The van der Waals surface area contributed by atoms with E-state index in [-0.39, 0.29) is 11.8 Å². The SMILES string of the molecule is CC(CN)CCC(=O)N1CCC(C)(C(N)=O)C1. The third kappa shape index (κ3) is 3.43. The predicted molar refractivity (Wildman–Crippen MR) is 66.0 cm³/mol. The van der Waals surface area contributed by atoms with E-state index in [9.17, 15) is 9.59 Å². The summed E-state index contributed by atoms with van der Waals surface area (Å²) in [7, 11) is 0. The van der Waals surface area contributed by atoms with Crippen LogP contribution in [0.5, 0.6) is 0 Å². The van der Waals surface area contributed by atoms with Gasteiger partial charge in [0.1, 0.15) is 0 Å². The minimum absolute atomic E-state index is 0.107. The van der Waals surface area contributed by atoms with Crippen LogP contribution in [0.1, 0.15) is 33.1 Å². The van der Waals surface area contributed by atoms with Gasteiger partial charge in [-0.1, -0.05) is 6.92 Å². The van der Waals surface area contributed by atoms with E-state index in [4.69, 9.17) is 11.5 Å².